The summed E-state index contributed by atoms with van der Waals surface area (Å²) in [4.78, 5) is 33.9. The molecule has 1 aliphatic heterocycles. The summed E-state index contributed by atoms with van der Waals surface area (Å²) < 4.78 is 25.1. The molecular weight excluding hydrogens is 497 g/mol. The van der Waals surface area contributed by atoms with E-state index in [1.54, 1.807) is 23.6 Å². The molecule has 5 rings (SSSR count). The van der Waals surface area contributed by atoms with E-state index in [1.165, 1.54) is 15.2 Å². The van der Waals surface area contributed by atoms with E-state index in [1.807, 2.05) is 30.3 Å². The van der Waals surface area contributed by atoms with Gasteiger partial charge in [-0.15, -0.1) is 0 Å². The van der Waals surface area contributed by atoms with Gasteiger partial charge in [0.2, 0.25) is 5.95 Å². The molecule has 1 saturated heterocycles. The summed E-state index contributed by atoms with van der Waals surface area (Å²) in [5.74, 6) is 0.765. The number of anilines is 1. The maximum atomic E-state index is 14.8. The lowest BCUT2D eigenvalue weighted by Crippen LogP contribution is -2.41. The minimum Gasteiger partial charge on any atom is -0.492 e. The van der Waals surface area contributed by atoms with Gasteiger partial charge < -0.3 is 9.64 Å². The standard InChI is InChI=1S/C27H29ClFN5O3/c1-2-32-25(35)23-24(33(27(32)36)16-17-37-19-10-5-3-6-11-19)30-26(31-14-7-4-8-15-31)34(23)18-20-21(28)12-9-13-22(20)29/h3,5-6,9-13H,2,4,7-8,14-18H2,1H3. The van der Waals surface area contributed by atoms with Gasteiger partial charge in [0.25, 0.3) is 5.56 Å². The predicted molar refractivity (Wildman–Crippen MR) is 142 cm³/mol. The number of aromatic nitrogens is 4. The van der Waals surface area contributed by atoms with Crippen LogP contribution in [0.3, 0.4) is 0 Å². The molecule has 194 valence electrons. The minimum absolute atomic E-state index is 0.0194. The summed E-state index contributed by atoms with van der Waals surface area (Å²) in [7, 11) is 0. The van der Waals surface area contributed by atoms with Crippen molar-refractivity contribution in [3.8, 4) is 5.75 Å². The third-order valence-corrected chi connectivity index (χ3v) is 7.11. The van der Waals surface area contributed by atoms with Gasteiger partial charge in [-0.25, -0.2) is 9.18 Å². The molecule has 8 nitrogen and oxygen atoms in total. The van der Waals surface area contributed by atoms with Crippen LogP contribution in [0, 0.1) is 5.82 Å². The first-order valence-corrected chi connectivity index (χ1v) is 13.0. The summed E-state index contributed by atoms with van der Waals surface area (Å²) in [6, 6.07) is 13.8. The van der Waals surface area contributed by atoms with E-state index < -0.39 is 17.1 Å². The summed E-state index contributed by atoms with van der Waals surface area (Å²) in [5.41, 5.74) is -0.110. The zero-order chi connectivity index (χ0) is 25.9. The van der Waals surface area contributed by atoms with Gasteiger partial charge in [0.1, 0.15) is 18.2 Å². The lowest BCUT2D eigenvalue weighted by molar-refractivity contribution is 0.296. The van der Waals surface area contributed by atoms with Crippen LogP contribution in [0.5, 0.6) is 5.75 Å². The van der Waals surface area contributed by atoms with Crippen molar-refractivity contribution >= 4 is 28.7 Å². The van der Waals surface area contributed by atoms with Gasteiger partial charge in [-0.3, -0.25) is 18.5 Å². The number of rotatable bonds is 8. The Morgan fingerprint density at radius 3 is 2.43 bits per heavy atom. The lowest BCUT2D eigenvalue weighted by atomic mass is 10.1. The number of para-hydroxylation sites is 1. The average molecular weight is 526 g/mol. The number of halogens is 2. The third-order valence-electron chi connectivity index (χ3n) is 6.75. The molecule has 2 aromatic carbocycles. The quantitative estimate of drug-likeness (QED) is 0.343. The second kappa shape index (κ2) is 10.8. The fourth-order valence-electron chi connectivity index (χ4n) is 4.86. The van der Waals surface area contributed by atoms with E-state index >= 15 is 0 Å². The molecule has 1 aliphatic rings. The van der Waals surface area contributed by atoms with Crippen LogP contribution in [-0.4, -0.2) is 38.4 Å². The molecule has 0 radical (unpaired) electrons. The van der Waals surface area contributed by atoms with Crippen LogP contribution < -0.4 is 20.9 Å². The Labute approximate surface area is 218 Å². The van der Waals surface area contributed by atoms with Crippen molar-refractivity contribution in [3.05, 3.63) is 85.8 Å². The Bertz CT molecular complexity index is 1500. The van der Waals surface area contributed by atoms with Crippen LogP contribution in [0.25, 0.3) is 11.2 Å². The third kappa shape index (κ3) is 4.87. The van der Waals surface area contributed by atoms with Crippen LogP contribution in [0.15, 0.2) is 58.1 Å². The topological polar surface area (TPSA) is 74.3 Å². The van der Waals surface area contributed by atoms with Gasteiger partial charge in [-0.05, 0) is 50.5 Å². The molecule has 2 aromatic heterocycles. The molecule has 0 amide bonds. The molecule has 0 atom stereocenters. The first-order valence-electron chi connectivity index (χ1n) is 12.6. The Morgan fingerprint density at radius 1 is 0.973 bits per heavy atom. The number of nitrogens with zero attached hydrogens (tertiary/aromatic N) is 5. The highest BCUT2D eigenvalue weighted by molar-refractivity contribution is 6.31. The molecule has 0 aliphatic carbocycles. The van der Waals surface area contributed by atoms with Crippen molar-refractivity contribution in [2.45, 2.75) is 45.8 Å². The molecule has 0 N–H and O–H groups in total. The van der Waals surface area contributed by atoms with Gasteiger partial charge >= 0.3 is 5.69 Å². The summed E-state index contributed by atoms with van der Waals surface area (Å²) in [6.07, 6.45) is 3.08. The van der Waals surface area contributed by atoms with E-state index in [4.69, 9.17) is 21.3 Å². The molecule has 37 heavy (non-hydrogen) atoms. The van der Waals surface area contributed by atoms with Crippen LogP contribution >= 0.6 is 11.6 Å². The average Bonchev–Trinajstić information content (AvgIpc) is 3.29. The number of hydrogen-bond donors (Lipinski definition) is 0. The minimum atomic E-state index is -0.459. The first-order chi connectivity index (χ1) is 18.0. The van der Waals surface area contributed by atoms with E-state index in [2.05, 4.69) is 4.90 Å². The fourth-order valence-corrected chi connectivity index (χ4v) is 5.08. The lowest BCUT2D eigenvalue weighted by Gasteiger charge is -2.28. The number of benzene rings is 2. The number of hydrogen-bond acceptors (Lipinski definition) is 5. The Morgan fingerprint density at radius 2 is 1.73 bits per heavy atom. The molecule has 4 aromatic rings. The molecule has 0 spiro atoms. The maximum absolute atomic E-state index is 14.8. The molecule has 0 bridgehead atoms. The Balaban J connectivity index is 1.67. The van der Waals surface area contributed by atoms with Crippen LogP contribution in [0.2, 0.25) is 5.02 Å². The zero-order valence-electron chi connectivity index (χ0n) is 20.7. The SMILES string of the molecule is CCn1c(=O)c2c(nc(N3CCCCC3)n2Cc2c(F)cccc2Cl)n(CCOc2ccccc2)c1=O. The Kier molecular flexibility index (Phi) is 7.32. The summed E-state index contributed by atoms with van der Waals surface area (Å²) in [6.45, 7) is 3.89. The van der Waals surface area contributed by atoms with Crippen molar-refractivity contribution in [2.75, 3.05) is 24.6 Å². The van der Waals surface area contributed by atoms with Crippen molar-refractivity contribution in [3.63, 3.8) is 0 Å². The molecule has 0 unspecified atom stereocenters. The van der Waals surface area contributed by atoms with Gasteiger partial charge in [-0.1, -0.05) is 35.9 Å². The zero-order valence-corrected chi connectivity index (χ0v) is 21.5. The summed E-state index contributed by atoms with van der Waals surface area (Å²) >= 11 is 6.37. The van der Waals surface area contributed by atoms with E-state index in [0.717, 1.165) is 32.4 Å². The highest BCUT2D eigenvalue weighted by atomic mass is 35.5. The van der Waals surface area contributed by atoms with Gasteiger partial charge in [0.15, 0.2) is 11.2 Å². The smallest absolute Gasteiger partial charge is 0.332 e. The molecule has 1 fully saturated rings. The van der Waals surface area contributed by atoms with Crippen LogP contribution in [-0.2, 0) is 19.6 Å². The normalized spacial score (nSPS) is 13.9. The molecule has 10 heteroatoms. The Hall–Kier alpha value is -3.59. The van der Waals surface area contributed by atoms with Gasteiger partial charge in [-0.2, -0.15) is 4.98 Å². The van der Waals surface area contributed by atoms with Gasteiger partial charge in [0.05, 0.1) is 13.1 Å². The molecule has 3 heterocycles. The highest BCUT2D eigenvalue weighted by Crippen LogP contribution is 2.27. The van der Waals surface area contributed by atoms with Crippen molar-refractivity contribution in [2.24, 2.45) is 0 Å². The predicted octanol–water partition coefficient (Wildman–Crippen LogP) is 4.29. The highest BCUT2D eigenvalue weighted by Gasteiger charge is 2.26. The van der Waals surface area contributed by atoms with Crippen molar-refractivity contribution in [1.82, 2.24) is 18.7 Å². The number of ether oxygens (including phenoxy) is 1. The van der Waals surface area contributed by atoms with Crippen LogP contribution in [0.1, 0.15) is 31.7 Å². The largest absolute Gasteiger partial charge is 0.492 e. The second-order valence-corrected chi connectivity index (χ2v) is 9.47. The van der Waals surface area contributed by atoms with Gasteiger partial charge in [0, 0.05) is 30.2 Å². The number of fused-ring (bicyclic) bond motifs is 1. The summed E-state index contributed by atoms with van der Waals surface area (Å²) in [5, 5.41) is 0.270. The van der Waals surface area contributed by atoms with E-state index in [9.17, 15) is 14.0 Å². The maximum Gasteiger partial charge on any atom is 0.332 e. The molecule has 0 saturated carbocycles. The van der Waals surface area contributed by atoms with E-state index in [0.29, 0.717) is 11.7 Å². The number of imidazole rings is 1. The van der Waals surface area contributed by atoms with Crippen molar-refractivity contribution < 1.29 is 9.13 Å². The fraction of sp³-hybridized carbons (Fsp3) is 0.370. The first kappa shape index (κ1) is 25.1. The second-order valence-electron chi connectivity index (χ2n) is 9.06. The van der Waals surface area contributed by atoms with Crippen LogP contribution in [0.4, 0.5) is 10.3 Å². The monoisotopic (exact) mass is 525 g/mol. The molecular formula is C27H29ClFN5O3. The van der Waals surface area contributed by atoms with E-state index in [-0.39, 0.29) is 48.0 Å². The van der Waals surface area contributed by atoms with Crippen molar-refractivity contribution in [1.29, 1.82) is 0 Å². The number of piperidine rings is 1.